The first-order valence-corrected chi connectivity index (χ1v) is 9.60. The second-order valence-corrected chi connectivity index (χ2v) is 7.05. The van der Waals surface area contributed by atoms with Crippen molar-refractivity contribution in [2.45, 2.75) is 37.8 Å². The van der Waals surface area contributed by atoms with Crippen molar-refractivity contribution < 1.29 is 23.7 Å². The number of rotatable bonds is 6. The Morgan fingerprint density at radius 3 is 2.22 bits per heavy atom. The van der Waals surface area contributed by atoms with E-state index in [-0.39, 0.29) is 18.6 Å². The average molecular weight is 378 g/mol. The molecule has 7 heteroatoms. The molecule has 0 aromatic heterocycles. The van der Waals surface area contributed by atoms with Crippen LogP contribution < -0.4 is 15.2 Å². The first-order chi connectivity index (χ1) is 13.1. The lowest BCUT2D eigenvalue weighted by molar-refractivity contribution is -0.135. The van der Waals surface area contributed by atoms with Crippen LogP contribution in [0.5, 0.6) is 11.5 Å². The number of carbonyl (C=O) groups is 1. The average Bonchev–Trinajstić information content (AvgIpc) is 2.93. The van der Waals surface area contributed by atoms with Crippen LogP contribution in [-0.2, 0) is 27.1 Å². The third kappa shape index (κ3) is 4.91. The lowest BCUT2D eigenvalue weighted by Gasteiger charge is -2.27. The molecule has 3 rings (SSSR count). The summed E-state index contributed by atoms with van der Waals surface area (Å²) in [6, 6.07) is 3.39. The van der Waals surface area contributed by atoms with E-state index in [1.165, 1.54) is 11.1 Å². The van der Waals surface area contributed by atoms with Crippen LogP contribution in [0.3, 0.4) is 0 Å². The molecule has 0 unspecified atom stereocenters. The number of nitrogens with two attached hydrogens (primary N) is 1. The van der Waals surface area contributed by atoms with Gasteiger partial charge in [0.05, 0.1) is 26.9 Å². The van der Waals surface area contributed by atoms with Gasteiger partial charge in [0.25, 0.3) is 0 Å². The number of amides is 1. The highest BCUT2D eigenvalue weighted by atomic mass is 16.5. The highest BCUT2D eigenvalue weighted by Gasteiger charge is 2.26. The first-order valence-electron chi connectivity index (χ1n) is 9.60. The van der Waals surface area contributed by atoms with Gasteiger partial charge in [-0.15, -0.1) is 0 Å². The predicted octanol–water partition coefficient (Wildman–Crippen LogP) is 1.15. The fraction of sp³-hybridized carbons (Fsp3) is 0.650. The molecular formula is C20H30N2O5. The molecule has 0 bridgehead atoms. The largest absolute Gasteiger partial charge is 0.493 e. The summed E-state index contributed by atoms with van der Waals surface area (Å²) in [6.07, 6.45) is 3.42. The monoisotopic (exact) mass is 378 g/mol. The van der Waals surface area contributed by atoms with Gasteiger partial charge >= 0.3 is 0 Å². The molecule has 2 heterocycles. The molecule has 1 atom stereocenters. The molecule has 2 N–H and O–H groups in total. The molecule has 1 aromatic carbocycles. The maximum atomic E-state index is 12.8. The number of carbonyl (C=O) groups excluding carboxylic acids is 1. The zero-order valence-corrected chi connectivity index (χ0v) is 16.2. The quantitative estimate of drug-likeness (QED) is 0.800. The van der Waals surface area contributed by atoms with Gasteiger partial charge in [-0.2, -0.15) is 0 Å². The second-order valence-electron chi connectivity index (χ2n) is 7.05. The van der Waals surface area contributed by atoms with Crippen molar-refractivity contribution in [2.75, 3.05) is 47.1 Å². The first kappa shape index (κ1) is 19.9. The Morgan fingerprint density at radius 2 is 1.70 bits per heavy atom. The molecule has 7 nitrogen and oxygen atoms in total. The lowest BCUT2D eigenvalue weighted by Crippen LogP contribution is -2.47. The third-order valence-electron chi connectivity index (χ3n) is 5.32. The van der Waals surface area contributed by atoms with E-state index in [4.69, 9.17) is 24.7 Å². The van der Waals surface area contributed by atoms with E-state index in [0.29, 0.717) is 26.3 Å². The van der Waals surface area contributed by atoms with Crippen LogP contribution in [0, 0.1) is 0 Å². The summed E-state index contributed by atoms with van der Waals surface area (Å²) in [5.41, 5.74) is 8.50. The van der Waals surface area contributed by atoms with Crippen LogP contribution in [-0.4, -0.2) is 70.1 Å². The highest BCUT2D eigenvalue weighted by Crippen LogP contribution is 2.32. The molecule has 150 valence electrons. The van der Waals surface area contributed by atoms with Crippen molar-refractivity contribution in [1.82, 2.24) is 4.90 Å². The summed E-state index contributed by atoms with van der Waals surface area (Å²) in [7, 11) is 3.27. The lowest BCUT2D eigenvalue weighted by atomic mass is 10.0. The summed E-state index contributed by atoms with van der Waals surface area (Å²) in [5, 5.41) is 0. The van der Waals surface area contributed by atoms with Gasteiger partial charge in [0.1, 0.15) is 6.04 Å². The number of hydrogen-bond acceptors (Lipinski definition) is 6. The fourth-order valence-electron chi connectivity index (χ4n) is 3.66. The smallest absolute Gasteiger partial charge is 0.241 e. The van der Waals surface area contributed by atoms with E-state index in [1.807, 2.05) is 17.0 Å². The number of benzene rings is 1. The Balaban J connectivity index is 1.57. The normalized spacial score (nSPS) is 19.1. The Morgan fingerprint density at radius 1 is 1.15 bits per heavy atom. The van der Waals surface area contributed by atoms with Crippen LogP contribution >= 0.6 is 0 Å². The second kappa shape index (κ2) is 9.39. The van der Waals surface area contributed by atoms with E-state index in [0.717, 1.165) is 37.2 Å². The molecule has 0 spiro atoms. The molecule has 1 amide bonds. The fourth-order valence-corrected chi connectivity index (χ4v) is 3.66. The van der Waals surface area contributed by atoms with Crippen molar-refractivity contribution in [3.8, 4) is 11.5 Å². The van der Waals surface area contributed by atoms with Crippen LogP contribution in [0.15, 0.2) is 12.1 Å². The third-order valence-corrected chi connectivity index (χ3v) is 5.32. The van der Waals surface area contributed by atoms with Gasteiger partial charge in [-0.05, 0) is 48.9 Å². The van der Waals surface area contributed by atoms with Crippen LogP contribution in [0.1, 0.15) is 24.0 Å². The van der Waals surface area contributed by atoms with Crippen molar-refractivity contribution in [3.05, 3.63) is 23.3 Å². The number of fused-ring (bicyclic) bond motifs is 1. The van der Waals surface area contributed by atoms with E-state index >= 15 is 0 Å². The summed E-state index contributed by atoms with van der Waals surface area (Å²) < 4.78 is 21.9. The molecule has 0 aliphatic carbocycles. The molecule has 1 saturated heterocycles. The maximum absolute atomic E-state index is 12.8. The SMILES string of the molecule is COc1cc2c(cc1OC)CCN(C(=O)[C@@H](N)COC1CCOCC1)CC2. The summed E-state index contributed by atoms with van der Waals surface area (Å²) in [5.74, 6) is 1.39. The van der Waals surface area contributed by atoms with Crippen molar-refractivity contribution in [3.63, 3.8) is 0 Å². The van der Waals surface area contributed by atoms with E-state index in [1.54, 1.807) is 14.2 Å². The Bertz CT molecular complexity index is 611. The zero-order valence-electron chi connectivity index (χ0n) is 16.2. The van der Waals surface area contributed by atoms with Gasteiger partial charge < -0.3 is 29.6 Å². The molecule has 2 aliphatic heterocycles. The standard InChI is InChI=1S/C20H30N2O5/c1-24-18-11-14-3-7-22(8-4-15(14)12-19(18)25-2)20(23)17(21)13-27-16-5-9-26-10-6-16/h11-12,16-17H,3-10,13,21H2,1-2H3/t17-/m0/s1. The Labute approximate surface area is 160 Å². The zero-order chi connectivity index (χ0) is 19.2. The van der Waals surface area contributed by atoms with Gasteiger partial charge in [0.2, 0.25) is 5.91 Å². The minimum Gasteiger partial charge on any atom is -0.493 e. The summed E-state index contributed by atoms with van der Waals surface area (Å²) >= 11 is 0. The van der Waals surface area contributed by atoms with Crippen molar-refractivity contribution in [2.24, 2.45) is 5.73 Å². The number of nitrogens with zero attached hydrogens (tertiary/aromatic N) is 1. The topological polar surface area (TPSA) is 83.3 Å². The van der Waals surface area contributed by atoms with Crippen LogP contribution in [0.4, 0.5) is 0 Å². The number of hydrogen-bond donors (Lipinski definition) is 1. The molecule has 1 aromatic rings. The highest BCUT2D eigenvalue weighted by molar-refractivity contribution is 5.82. The van der Waals surface area contributed by atoms with E-state index < -0.39 is 6.04 Å². The number of methoxy groups -OCH3 is 2. The van der Waals surface area contributed by atoms with Crippen molar-refractivity contribution >= 4 is 5.91 Å². The molecule has 2 aliphatic rings. The Hall–Kier alpha value is -1.83. The minimum atomic E-state index is -0.627. The maximum Gasteiger partial charge on any atom is 0.241 e. The van der Waals surface area contributed by atoms with E-state index in [9.17, 15) is 4.79 Å². The summed E-state index contributed by atoms with van der Waals surface area (Å²) in [6.45, 7) is 2.98. The Kier molecular flexibility index (Phi) is 6.93. The van der Waals surface area contributed by atoms with Crippen LogP contribution in [0.2, 0.25) is 0 Å². The molecule has 0 saturated carbocycles. The molecule has 0 radical (unpaired) electrons. The van der Waals surface area contributed by atoms with Gasteiger partial charge in [0, 0.05) is 26.3 Å². The molecular weight excluding hydrogens is 348 g/mol. The van der Waals surface area contributed by atoms with Gasteiger partial charge in [-0.3, -0.25) is 4.79 Å². The van der Waals surface area contributed by atoms with E-state index in [2.05, 4.69) is 0 Å². The number of ether oxygens (including phenoxy) is 4. The summed E-state index contributed by atoms with van der Waals surface area (Å²) in [4.78, 5) is 14.6. The van der Waals surface area contributed by atoms with Gasteiger partial charge in [0.15, 0.2) is 11.5 Å². The molecule has 1 fully saturated rings. The van der Waals surface area contributed by atoms with Gasteiger partial charge in [-0.1, -0.05) is 0 Å². The van der Waals surface area contributed by atoms with Gasteiger partial charge in [-0.25, -0.2) is 0 Å². The van der Waals surface area contributed by atoms with Crippen LogP contribution in [0.25, 0.3) is 0 Å². The predicted molar refractivity (Wildman–Crippen MR) is 101 cm³/mol. The van der Waals surface area contributed by atoms with Crippen molar-refractivity contribution in [1.29, 1.82) is 0 Å². The molecule has 27 heavy (non-hydrogen) atoms. The minimum absolute atomic E-state index is 0.0474.